The summed E-state index contributed by atoms with van der Waals surface area (Å²) < 4.78 is 6.20. The Morgan fingerprint density at radius 1 is 1.08 bits per heavy atom. The second kappa shape index (κ2) is 12.5. The number of carbonyl (C=O) groups is 2. The first-order valence-electron chi connectivity index (χ1n) is 12.5. The van der Waals surface area contributed by atoms with Crippen LogP contribution in [0.5, 0.6) is 0 Å². The molecule has 4 rings (SSSR count). The van der Waals surface area contributed by atoms with E-state index >= 15 is 0 Å². The number of aromatic nitrogens is 1. The molecule has 0 aromatic carbocycles. The van der Waals surface area contributed by atoms with Crippen molar-refractivity contribution >= 4 is 23.6 Å². The molecule has 1 aromatic heterocycles. The maximum atomic E-state index is 12.5. The number of urea groups is 1. The fourth-order valence-electron chi connectivity index (χ4n) is 4.34. The lowest BCUT2D eigenvalue weighted by atomic mass is 10.2. The Balaban J connectivity index is 1.31. The number of aliphatic imine (C=N–C) groups is 1. The largest absolute Gasteiger partial charge is 0.485 e. The van der Waals surface area contributed by atoms with Crippen molar-refractivity contribution in [3.63, 3.8) is 0 Å². The molecule has 0 spiro atoms. The second-order valence-corrected chi connectivity index (χ2v) is 9.14. The molecule has 1 aromatic rings. The van der Waals surface area contributed by atoms with Crippen LogP contribution in [0.2, 0.25) is 0 Å². The molecule has 4 heterocycles. The van der Waals surface area contributed by atoms with Gasteiger partial charge in [0.15, 0.2) is 11.6 Å². The van der Waals surface area contributed by atoms with Gasteiger partial charge in [0.05, 0.1) is 6.54 Å². The quantitative estimate of drug-likeness (QED) is 0.604. The Kier molecular flexibility index (Phi) is 8.90. The van der Waals surface area contributed by atoms with Crippen molar-refractivity contribution in [3.8, 4) is 0 Å². The van der Waals surface area contributed by atoms with E-state index in [1.165, 1.54) is 0 Å². The van der Waals surface area contributed by atoms with Crippen molar-refractivity contribution in [1.82, 2.24) is 29.9 Å². The third-order valence-electron chi connectivity index (χ3n) is 6.49. The average molecular weight is 497 g/mol. The van der Waals surface area contributed by atoms with Gasteiger partial charge in [0.2, 0.25) is 5.91 Å². The van der Waals surface area contributed by atoms with Gasteiger partial charge in [-0.25, -0.2) is 14.8 Å². The number of piperazine rings is 2. The number of rotatable bonds is 6. The first-order valence-corrected chi connectivity index (χ1v) is 12.5. The summed E-state index contributed by atoms with van der Waals surface area (Å²) >= 11 is 0. The highest BCUT2D eigenvalue weighted by Gasteiger charge is 2.25. The molecule has 3 amide bonds. The number of ether oxygens (including phenoxy) is 1. The highest BCUT2D eigenvalue weighted by Crippen LogP contribution is 2.17. The Hall–Kier alpha value is -3.44. The molecule has 3 aliphatic rings. The highest BCUT2D eigenvalue weighted by atomic mass is 16.5. The number of anilines is 1. The maximum absolute atomic E-state index is 12.5. The molecular weight excluding hydrogens is 460 g/mol. The number of nitrogens with zero attached hydrogens (tertiary/aromatic N) is 6. The standard InChI is InChI=1S/C25H36N8O3/c1-26-25(35)33-15-13-32(14-16-33)24-21(5-3-4-7-28-24)36-19-20-6-8-27-22(17-20)29-23(34)18-31-11-9-30(2)10-12-31/h4-8,17H,3,9-16,18-19H2,1-2H3,(H,26,35)(H,27,29,34). The van der Waals surface area contributed by atoms with Crippen LogP contribution in [-0.2, 0) is 16.1 Å². The zero-order valence-corrected chi connectivity index (χ0v) is 21.2. The van der Waals surface area contributed by atoms with Gasteiger partial charge in [0, 0.05) is 71.8 Å². The van der Waals surface area contributed by atoms with E-state index in [1.54, 1.807) is 24.3 Å². The molecule has 0 atom stereocenters. The van der Waals surface area contributed by atoms with Crippen LogP contribution < -0.4 is 10.6 Å². The van der Waals surface area contributed by atoms with E-state index in [0.29, 0.717) is 50.9 Å². The van der Waals surface area contributed by atoms with E-state index in [0.717, 1.165) is 44.0 Å². The van der Waals surface area contributed by atoms with Gasteiger partial charge in [-0.1, -0.05) is 6.08 Å². The Morgan fingerprint density at radius 2 is 1.86 bits per heavy atom. The highest BCUT2D eigenvalue weighted by molar-refractivity contribution is 5.97. The lowest BCUT2D eigenvalue weighted by molar-refractivity contribution is -0.117. The molecular formula is C25H36N8O3. The van der Waals surface area contributed by atoms with Crippen molar-refractivity contribution < 1.29 is 14.3 Å². The zero-order valence-electron chi connectivity index (χ0n) is 21.2. The van der Waals surface area contributed by atoms with Gasteiger partial charge >= 0.3 is 6.03 Å². The monoisotopic (exact) mass is 496 g/mol. The Labute approximate surface area is 212 Å². The summed E-state index contributed by atoms with van der Waals surface area (Å²) in [6.45, 7) is 7.01. The third-order valence-corrected chi connectivity index (χ3v) is 6.49. The van der Waals surface area contributed by atoms with Gasteiger partial charge in [-0.15, -0.1) is 0 Å². The van der Waals surface area contributed by atoms with Gasteiger partial charge < -0.3 is 30.1 Å². The number of amides is 3. The molecule has 0 saturated carbocycles. The van der Waals surface area contributed by atoms with Crippen molar-refractivity contribution in [1.29, 1.82) is 0 Å². The third kappa shape index (κ3) is 7.05. The molecule has 194 valence electrons. The van der Waals surface area contributed by atoms with E-state index < -0.39 is 0 Å². The van der Waals surface area contributed by atoms with Crippen LogP contribution >= 0.6 is 0 Å². The summed E-state index contributed by atoms with van der Waals surface area (Å²) in [7, 11) is 3.74. The zero-order chi connectivity index (χ0) is 25.3. The van der Waals surface area contributed by atoms with Gasteiger partial charge in [-0.2, -0.15) is 0 Å². The number of amidine groups is 1. The number of hydrogen-bond donors (Lipinski definition) is 2. The van der Waals surface area contributed by atoms with E-state index in [2.05, 4.69) is 42.4 Å². The van der Waals surface area contributed by atoms with Crippen molar-refractivity contribution in [3.05, 3.63) is 48.0 Å². The molecule has 36 heavy (non-hydrogen) atoms. The number of nitrogens with one attached hydrogen (secondary N) is 2. The number of carbonyl (C=O) groups excluding carboxylic acids is 2. The SMILES string of the molecule is CNC(=O)N1CCN(C2=NC=CCC=C2OCc2ccnc(NC(=O)CN3CCN(C)CC3)c2)CC1. The van der Waals surface area contributed by atoms with Crippen LogP contribution in [-0.4, -0.2) is 115 Å². The van der Waals surface area contributed by atoms with Crippen LogP contribution in [0.1, 0.15) is 12.0 Å². The average Bonchev–Trinajstić information content (AvgIpc) is 3.14. The molecule has 0 unspecified atom stereocenters. The summed E-state index contributed by atoms with van der Waals surface area (Å²) in [6, 6.07) is 3.66. The fourth-order valence-corrected chi connectivity index (χ4v) is 4.34. The minimum atomic E-state index is -0.0620. The number of likely N-dealkylation sites (N-methyl/N-ethyl adjacent to an activating group) is 1. The van der Waals surface area contributed by atoms with Crippen LogP contribution in [0.25, 0.3) is 0 Å². The first-order chi connectivity index (χ1) is 17.5. The maximum Gasteiger partial charge on any atom is 0.317 e. The molecule has 11 heteroatoms. The van der Waals surface area contributed by atoms with Crippen molar-refractivity contribution in [2.24, 2.45) is 4.99 Å². The molecule has 2 N–H and O–H groups in total. The van der Waals surface area contributed by atoms with Crippen molar-refractivity contribution in [2.75, 3.05) is 78.3 Å². The predicted molar refractivity (Wildman–Crippen MR) is 138 cm³/mol. The van der Waals surface area contributed by atoms with Gasteiger partial charge in [-0.05, 0) is 37.2 Å². The predicted octanol–water partition coefficient (Wildman–Crippen LogP) is 0.941. The number of hydrogen-bond acceptors (Lipinski definition) is 8. The minimum Gasteiger partial charge on any atom is -0.485 e. The van der Waals surface area contributed by atoms with Crippen molar-refractivity contribution in [2.45, 2.75) is 13.0 Å². The summed E-state index contributed by atoms with van der Waals surface area (Å²) in [6.07, 6.45) is 8.21. The van der Waals surface area contributed by atoms with Gasteiger partial charge in [0.25, 0.3) is 0 Å². The lowest BCUT2D eigenvalue weighted by Crippen LogP contribution is -2.53. The summed E-state index contributed by atoms with van der Waals surface area (Å²) in [5, 5.41) is 5.59. The smallest absolute Gasteiger partial charge is 0.317 e. The summed E-state index contributed by atoms with van der Waals surface area (Å²) in [4.78, 5) is 41.7. The van der Waals surface area contributed by atoms with Crippen LogP contribution in [0, 0.1) is 0 Å². The number of allylic oxidation sites excluding steroid dienone is 2. The lowest BCUT2D eigenvalue weighted by Gasteiger charge is -2.36. The van der Waals surface area contributed by atoms with E-state index in [-0.39, 0.29) is 11.9 Å². The minimum absolute atomic E-state index is 0.0616. The van der Waals surface area contributed by atoms with Gasteiger partial charge in [-0.3, -0.25) is 9.69 Å². The van der Waals surface area contributed by atoms with Gasteiger partial charge in [0.1, 0.15) is 12.4 Å². The summed E-state index contributed by atoms with van der Waals surface area (Å²) in [5.74, 6) is 1.94. The Bertz CT molecular complexity index is 1010. The fraction of sp³-hybridized carbons (Fsp3) is 0.520. The van der Waals surface area contributed by atoms with E-state index in [1.807, 2.05) is 24.3 Å². The van der Waals surface area contributed by atoms with Crippen LogP contribution in [0.3, 0.4) is 0 Å². The van der Waals surface area contributed by atoms with Crippen LogP contribution in [0.4, 0.5) is 10.6 Å². The molecule has 2 saturated heterocycles. The molecule has 2 fully saturated rings. The topological polar surface area (TPSA) is 106 Å². The number of pyridine rings is 1. The molecule has 11 nitrogen and oxygen atoms in total. The van der Waals surface area contributed by atoms with Crippen LogP contribution in [0.15, 0.2) is 47.4 Å². The second-order valence-electron chi connectivity index (χ2n) is 9.14. The molecule has 3 aliphatic heterocycles. The normalized spacial score (nSPS) is 19.3. The molecule has 0 bridgehead atoms. The van der Waals surface area contributed by atoms with E-state index in [9.17, 15) is 9.59 Å². The molecule has 0 aliphatic carbocycles. The first kappa shape index (κ1) is 25.6. The van der Waals surface area contributed by atoms with E-state index in [4.69, 9.17) is 4.74 Å². The Morgan fingerprint density at radius 3 is 2.61 bits per heavy atom. The summed E-state index contributed by atoms with van der Waals surface area (Å²) in [5.41, 5.74) is 0.904. The molecule has 0 radical (unpaired) electrons.